The molecule has 0 bridgehead atoms. The van der Waals surface area contributed by atoms with Gasteiger partial charge in [-0.1, -0.05) is 13.0 Å². The van der Waals surface area contributed by atoms with Gasteiger partial charge in [-0.15, -0.1) is 0 Å². The number of halogens is 2. The minimum Gasteiger partial charge on any atom is -0.329 e. The molecule has 2 nitrogen and oxygen atoms in total. The van der Waals surface area contributed by atoms with E-state index in [1.165, 1.54) is 6.07 Å². The molecule has 4 heteroatoms. The van der Waals surface area contributed by atoms with Crippen LogP contribution in [-0.2, 0) is 6.54 Å². The van der Waals surface area contributed by atoms with E-state index in [2.05, 4.69) is 27.8 Å². The molecule has 2 N–H and O–H groups in total. The molecule has 0 aliphatic carbocycles. The summed E-state index contributed by atoms with van der Waals surface area (Å²) in [6.45, 7) is 7.31. The number of rotatable bonds is 5. The number of hydrogen-bond donors (Lipinski definition) is 1. The van der Waals surface area contributed by atoms with Crippen LogP contribution in [0, 0.1) is 12.7 Å². The van der Waals surface area contributed by atoms with Gasteiger partial charge >= 0.3 is 0 Å². The first-order valence-corrected chi connectivity index (χ1v) is 6.25. The van der Waals surface area contributed by atoms with Crippen molar-refractivity contribution < 1.29 is 4.39 Å². The van der Waals surface area contributed by atoms with E-state index < -0.39 is 0 Å². The van der Waals surface area contributed by atoms with Gasteiger partial charge in [0.2, 0.25) is 0 Å². The lowest BCUT2D eigenvalue weighted by atomic mass is 10.1. The Morgan fingerprint density at radius 3 is 2.69 bits per heavy atom. The summed E-state index contributed by atoms with van der Waals surface area (Å²) < 4.78 is 13.8. The number of nitrogens with two attached hydrogens (primary N) is 1. The van der Waals surface area contributed by atoms with E-state index in [4.69, 9.17) is 5.73 Å². The van der Waals surface area contributed by atoms with Crippen molar-refractivity contribution in [2.75, 3.05) is 19.6 Å². The van der Waals surface area contributed by atoms with Crippen molar-refractivity contribution in [1.29, 1.82) is 0 Å². The third-order valence-electron chi connectivity index (χ3n) is 2.74. The third kappa shape index (κ3) is 3.27. The van der Waals surface area contributed by atoms with Crippen molar-refractivity contribution in [3.05, 3.63) is 33.5 Å². The zero-order valence-corrected chi connectivity index (χ0v) is 11.3. The normalized spacial score (nSPS) is 11.1. The predicted octanol–water partition coefficient (Wildman–Crippen LogP) is 2.68. The molecule has 0 saturated heterocycles. The fourth-order valence-corrected chi connectivity index (χ4v) is 2.02. The Bertz CT molecular complexity index is 355. The molecular weight excluding hydrogens is 271 g/mol. The minimum absolute atomic E-state index is 0.205. The van der Waals surface area contributed by atoms with Gasteiger partial charge in [0, 0.05) is 19.6 Å². The van der Waals surface area contributed by atoms with Crippen LogP contribution >= 0.6 is 15.9 Å². The highest BCUT2D eigenvalue weighted by Gasteiger charge is 2.10. The highest BCUT2D eigenvalue weighted by molar-refractivity contribution is 9.10. The average molecular weight is 289 g/mol. The summed E-state index contributed by atoms with van der Waals surface area (Å²) in [5, 5.41) is 0. The van der Waals surface area contributed by atoms with Gasteiger partial charge in [-0.3, -0.25) is 4.90 Å². The Hall–Kier alpha value is -0.450. The molecule has 1 rings (SSSR count). The van der Waals surface area contributed by atoms with E-state index >= 15 is 0 Å². The van der Waals surface area contributed by atoms with Crippen LogP contribution in [0.2, 0.25) is 0 Å². The van der Waals surface area contributed by atoms with Crippen LogP contribution in [-0.4, -0.2) is 24.5 Å². The van der Waals surface area contributed by atoms with Crippen molar-refractivity contribution in [2.24, 2.45) is 5.73 Å². The van der Waals surface area contributed by atoms with Crippen LogP contribution in [0.5, 0.6) is 0 Å². The second-order valence-electron chi connectivity index (χ2n) is 3.80. The van der Waals surface area contributed by atoms with Crippen molar-refractivity contribution >= 4 is 15.9 Å². The summed E-state index contributed by atoms with van der Waals surface area (Å²) in [7, 11) is 0. The zero-order valence-electron chi connectivity index (χ0n) is 9.76. The SMILES string of the molecule is CCN(CCN)Cc1ccc(F)c(Br)c1C. The maximum absolute atomic E-state index is 13.2. The van der Waals surface area contributed by atoms with Gasteiger partial charge in [-0.05, 0) is 46.6 Å². The first kappa shape index (κ1) is 13.6. The Balaban J connectivity index is 2.84. The monoisotopic (exact) mass is 288 g/mol. The largest absolute Gasteiger partial charge is 0.329 e. The molecule has 0 unspecified atom stereocenters. The summed E-state index contributed by atoms with van der Waals surface area (Å²) in [6.07, 6.45) is 0. The van der Waals surface area contributed by atoms with E-state index in [9.17, 15) is 4.39 Å². The summed E-state index contributed by atoms with van der Waals surface area (Å²) >= 11 is 3.26. The first-order chi connectivity index (χ1) is 7.60. The lowest BCUT2D eigenvalue weighted by molar-refractivity contribution is 0.287. The van der Waals surface area contributed by atoms with Gasteiger partial charge < -0.3 is 5.73 Å². The van der Waals surface area contributed by atoms with Gasteiger partial charge in [-0.25, -0.2) is 4.39 Å². The Morgan fingerprint density at radius 1 is 1.44 bits per heavy atom. The molecule has 0 amide bonds. The summed E-state index contributed by atoms with van der Waals surface area (Å²) in [4.78, 5) is 2.24. The molecule has 0 heterocycles. The van der Waals surface area contributed by atoms with Crippen LogP contribution in [0.3, 0.4) is 0 Å². The van der Waals surface area contributed by atoms with Crippen LogP contribution in [0.15, 0.2) is 16.6 Å². The van der Waals surface area contributed by atoms with Crippen LogP contribution < -0.4 is 5.73 Å². The molecule has 1 aromatic rings. The molecule has 0 spiro atoms. The van der Waals surface area contributed by atoms with Crippen LogP contribution in [0.25, 0.3) is 0 Å². The number of likely N-dealkylation sites (N-methyl/N-ethyl adjacent to an activating group) is 1. The van der Waals surface area contributed by atoms with E-state index in [1.54, 1.807) is 0 Å². The Labute approximate surface area is 105 Å². The second-order valence-corrected chi connectivity index (χ2v) is 4.60. The molecule has 0 atom stereocenters. The molecular formula is C12H18BrFN2. The molecule has 0 saturated carbocycles. The fraction of sp³-hybridized carbons (Fsp3) is 0.500. The fourth-order valence-electron chi connectivity index (χ4n) is 1.64. The lowest BCUT2D eigenvalue weighted by Gasteiger charge is -2.21. The molecule has 0 aliphatic heterocycles. The highest BCUT2D eigenvalue weighted by Crippen LogP contribution is 2.24. The van der Waals surface area contributed by atoms with Gasteiger partial charge in [0.15, 0.2) is 0 Å². The van der Waals surface area contributed by atoms with E-state index in [0.29, 0.717) is 11.0 Å². The summed E-state index contributed by atoms with van der Waals surface area (Å²) in [5.74, 6) is -0.205. The maximum Gasteiger partial charge on any atom is 0.137 e. The zero-order chi connectivity index (χ0) is 12.1. The quantitative estimate of drug-likeness (QED) is 0.903. The van der Waals surface area contributed by atoms with Crippen molar-refractivity contribution in [2.45, 2.75) is 20.4 Å². The molecule has 1 aromatic carbocycles. The molecule has 0 aromatic heterocycles. The van der Waals surface area contributed by atoms with E-state index in [1.807, 2.05) is 13.0 Å². The summed E-state index contributed by atoms with van der Waals surface area (Å²) in [6, 6.07) is 3.34. The van der Waals surface area contributed by atoms with Gasteiger partial charge in [-0.2, -0.15) is 0 Å². The first-order valence-electron chi connectivity index (χ1n) is 5.46. The van der Waals surface area contributed by atoms with Crippen molar-refractivity contribution in [3.8, 4) is 0 Å². The molecule has 16 heavy (non-hydrogen) atoms. The second kappa shape index (κ2) is 6.33. The van der Waals surface area contributed by atoms with Crippen LogP contribution in [0.1, 0.15) is 18.1 Å². The maximum atomic E-state index is 13.2. The third-order valence-corrected chi connectivity index (χ3v) is 3.71. The predicted molar refractivity (Wildman–Crippen MR) is 68.8 cm³/mol. The summed E-state index contributed by atoms with van der Waals surface area (Å²) in [5.41, 5.74) is 7.65. The minimum atomic E-state index is -0.205. The van der Waals surface area contributed by atoms with E-state index in [0.717, 1.165) is 30.8 Å². The van der Waals surface area contributed by atoms with Crippen molar-refractivity contribution in [3.63, 3.8) is 0 Å². The Morgan fingerprint density at radius 2 is 2.12 bits per heavy atom. The van der Waals surface area contributed by atoms with Crippen LogP contribution in [0.4, 0.5) is 4.39 Å². The van der Waals surface area contributed by atoms with Gasteiger partial charge in [0.25, 0.3) is 0 Å². The average Bonchev–Trinajstić information content (AvgIpc) is 2.29. The molecule has 0 aliphatic rings. The smallest absolute Gasteiger partial charge is 0.137 e. The van der Waals surface area contributed by atoms with Crippen molar-refractivity contribution in [1.82, 2.24) is 4.90 Å². The molecule has 0 fully saturated rings. The van der Waals surface area contributed by atoms with Gasteiger partial charge in [0.05, 0.1) is 4.47 Å². The molecule has 90 valence electrons. The number of hydrogen-bond acceptors (Lipinski definition) is 2. The Kier molecular flexibility index (Phi) is 5.38. The number of nitrogens with zero attached hydrogens (tertiary/aromatic N) is 1. The lowest BCUT2D eigenvalue weighted by Crippen LogP contribution is -2.29. The topological polar surface area (TPSA) is 29.3 Å². The highest BCUT2D eigenvalue weighted by atomic mass is 79.9. The van der Waals surface area contributed by atoms with Gasteiger partial charge in [0.1, 0.15) is 5.82 Å². The van der Waals surface area contributed by atoms with E-state index in [-0.39, 0.29) is 5.82 Å². The standard InChI is InChI=1S/C12H18BrFN2/c1-3-16(7-6-15)8-10-4-5-11(14)12(13)9(10)2/h4-5H,3,6-8,15H2,1-2H3. The molecule has 0 radical (unpaired) electrons. The number of benzene rings is 1.